The van der Waals surface area contributed by atoms with Crippen molar-refractivity contribution in [1.29, 1.82) is 0 Å². The molecule has 0 bridgehead atoms. The number of rotatable bonds is 7. The Kier molecular flexibility index (Phi) is 5.59. The molecule has 0 amide bonds. The second-order valence-electron chi connectivity index (χ2n) is 5.29. The van der Waals surface area contributed by atoms with Crippen molar-refractivity contribution in [2.45, 2.75) is 33.2 Å². The maximum atomic E-state index is 5.90. The second kappa shape index (κ2) is 6.72. The molecule has 0 radical (unpaired) electrons. The van der Waals surface area contributed by atoms with Gasteiger partial charge in [-0.2, -0.15) is 0 Å². The molecule has 0 aliphatic heterocycles. The molecule has 1 unspecified atom stereocenters. The molecule has 96 valence electrons. The summed E-state index contributed by atoms with van der Waals surface area (Å²) in [6, 6.07) is 4.13. The molecule has 1 rings (SSSR count). The molecule has 1 aromatic heterocycles. The van der Waals surface area contributed by atoms with E-state index in [4.69, 9.17) is 5.73 Å². The summed E-state index contributed by atoms with van der Waals surface area (Å²) in [5.74, 6) is 0. The summed E-state index contributed by atoms with van der Waals surface area (Å²) in [5.41, 5.74) is 7.43. The quantitative estimate of drug-likeness (QED) is 0.788. The van der Waals surface area contributed by atoms with Gasteiger partial charge in [-0.05, 0) is 43.1 Å². The zero-order valence-corrected chi connectivity index (χ0v) is 11.3. The Morgan fingerprint density at radius 2 is 2.00 bits per heavy atom. The Morgan fingerprint density at radius 1 is 1.35 bits per heavy atom. The highest BCUT2D eigenvalue weighted by Gasteiger charge is 2.23. The molecule has 3 nitrogen and oxygen atoms in total. The third kappa shape index (κ3) is 4.84. The fourth-order valence-electron chi connectivity index (χ4n) is 2.36. The second-order valence-corrected chi connectivity index (χ2v) is 5.29. The van der Waals surface area contributed by atoms with Gasteiger partial charge in [0, 0.05) is 25.5 Å². The zero-order valence-electron chi connectivity index (χ0n) is 11.3. The molecule has 0 aliphatic carbocycles. The van der Waals surface area contributed by atoms with Crippen LogP contribution in [0.4, 0.5) is 0 Å². The number of nitrogens with zero attached hydrogens (tertiary/aromatic N) is 2. The number of nitrogens with two attached hydrogens (primary N) is 1. The van der Waals surface area contributed by atoms with E-state index in [0.29, 0.717) is 0 Å². The van der Waals surface area contributed by atoms with Gasteiger partial charge in [0.1, 0.15) is 0 Å². The summed E-state index contributed by atoms with van der Waals surface area (Å²) in [5, 5.41) is 0. The van der Waals surface area contributed by atoms with Crippen LogP contribution in [0.5, 0.6) is 0 Å². The predicted molar refractivity (Wildman–Crippen MR) is 72.6 cm³/mol. The zero-order chi connectivity index (χ0) is 12.7. The van der Waals surface area contributed by atoms with Gasteiger partial charge in [-0.15, -0.1) is 0 Å². The van der Waals surface area contributed by atoms with E-state index >= 15 is 0 Å². The largest absolute Gasteiger partial charge is 0.330 e. The van der Waals surface area contributed by atoms with Crippen LogP contribution in [-0.2, 0) is 6.54 Å². The predicted octanol–water partition coefficient (Wildman–Crippen LogP) is 2.28. The minimum atomic E-state index is 0.233. The first-order valence-corrected chi connectivity index (χ1v) is 6.37. The third-order valence-electron chi connectivity index (χ3n) is 3.20. The van der Waals surface area contributed by atoms with Crippen molar-refractivity contribution in [1.82, 2.24) is 9.88 Å². The van der Waals surface area contributed by atoms with Crippen LogP contribution in [0, 0.1) is 5.41 Å². The maximum Gasteiger partial charge on any atom is 0.0271 e. The highest BCUT2D eigenvalue weighted by Crippen LogP contribution is 2.23. The first-order valence-electron chi connectivity index (χ1n) is 6.37. The van der Waals surface area contributed by atoms with E-state index in [2.05, 4.69) is 42.9 Å². The molecule has 0 spiro atoms. The lowest BCUT2D eigenvalue weighted by Crippen LogP contribution is -2.38. The van der Waals surface area contributed by atoms with Crippen LogP contribution in [0.1, 0.15) is 32.3 Å². The van der Waals surface area contributed by atoms with E-state index in [9.17, 15) is 0 Å². The van der Waals surface area contributed by atoms with Crippen molar-refractivity contribution in [3.05, 3.63) is 30.1 Å². The summed E-state index contributed by atoms with van der Waals surface area (Å²) in [4.78, 5) is 6.38. The van der Waals surface area contributed by atoms with E-state index in [1.165, 1.54) is 18.4 Å². The highest BCUT2D eigenvalue weighted by molar-refractivity contribution is 5.09. The fourth-order valence-corrected chi connectivity index (χ4v) is 2.36. The standard InChI is InChI=1S/C14H25N3/c1-4-7-14(2,11-15)12-17(3)10-13-5-8-16-9-6-13/h5-6,8-9H,4,7,10-12,15H2,1-3H3. The van der Waals surface area contributed by atoms with Crippen LogP contribution >= 0.6 is 0 Å². The van der Waals surface area contributed by atoms with Crippen LogP contribution in [0.25, 0.3) is 0 Å². The van der Waals surface area contributed by atoms with Crippen molar-refractivity contribution in [3.8, 4) is 0 Å². The fraction of sp³-hybridized carbons (Fsp3) is 0.643. The van der Waals surface area contributed by atoms with Gasteiger partial charge in [0.15, 0.2) is 0 Å². The van der Waals surface area contributed by atoms with E-state index in [1.54, 1.807) is 0 Å². The molecule has 1 heterocycles. The molecule has 1 atom stereocenters. The Bertz CT molecular complexity index is 313. The summed E-state index contributed by atoms with van der Waals surface area (Å²) in [7, 11) is 2.16. The first kappa shape index (κ1) is 14.1. The molecular formula is C14H25N3. The van der Waals surface area contributed by atoms with E-state index < -0.39 is 0 Å². The first-order chi connectivity index (χ1) is 8.09. The smallest absolute Gasteiger partial charge is 0.0271 e. The van der Waals surface area contributed by atoms with E-state index in [-0.39, 0.29) is 5.41 Å². The number of aromatic nitrogens is 1. The van der Waals surface area contributed by atoms with Gasteiger partial charge < -0.3 is 10.6 Å². The lowest BCUT2D eigenvalue weighted by Gasteiger charge is -2.32. The molecular weight excluding hydrogens is 210 g/mol. The minimum absolute atomic E-state index is 0.233. The lowest BCUT2D eigenvalue weighted by atomic mass is 9.85. The number of pyridine rings is 1. The maximum absolute atomic E-state index is 5.90. The van der Waals surface area contributed by atoms with Gasteiger partial charge in [-0.25, -0.2) is 0 Å². The molecule has 2 N–H and O–H groups in total. The normalized spacial score (nSPS) is 14.9. The molecule has 17 heavy (non-hydrogen) atoms. The van der Waals surface area contributed by atoms with Crippen molar-refractivity contribution in [2.75, 3.05) is 20.1 Å². The van der Waals surface area contributed by atoms with Crippen LogP contribution in [-0.4, -0.2) is 30.0 Å². The molecule has 3 heteroatoms. The third-order valence-corrected chi connectivity index (χ3v) is 3.20. The molecule has 1 aromatic rings. The molecule has 0 saturated heterocycles. The Morgan fingerprint density at radius 3 is 2.53 bits per heavy atom. The summed E-state index contributed by atoms with van der Waals surface area (Å²) >= 11 is 0. The highest BCUT2D eigenvalue weighted by atomic mass is 15.1. The van der Waals surface area contributed by atoms with E-state index in [1.807, 2.05) is 12.4 Å². The van der Waals surface area contributed by atoms with Crippen molar-refractivity contribution < 1.29 is 0 Å². The van der Waals surface area contributed by atoms with Crippen LogP contribution in [0.15, 0.2) is 24.5 Å². The summed E-state index contributed by atoms with van der Waals surface area (Å²) < 4.78 is 0. The van der Waals surface area contributed by atoms with Crippen LogP contribution in [0.2, 0.25) is 0 Å². The average molecular weight is 235 g/mol. The van der Waals surface area contributed by atoms with Gasteiger partial charge in [0.25, 0.3) is 0 Å². The molecule has 0 saturated carbocycles. The van der Waals surface area contributed by atoms with Gasteiger partial charge in [0.05, 0.1) is 0 Å². The summed E-state index contributed by atoms with van der Waals surface area (Å²) in [6.45, 7) is 7.25. The van der Waals surface area contributed by atoms with Gasteiger partial charge in [-0.3, -0.25) is 4.98 Å². The van der Waals surface area contributed by atoms with Gasteiger partial charge >= 0.3 is 0 Å². The lowest BCUT2D eigenvalue weighted by molar-refractivity contribution is 0.179. The van der Waals surface area contributed by atoms with E-state index in [0.717, 1.165) is 19.6 Å². The Hall–Kier alpha value is -0.930. The Labute approximate surface area is 105 Å². The molecule has 0 fully saturated rings. The van der Waals surface area contributed by atoms with Crippen LogP contribution in [0.3, 0.4) is 0 Å². The van der Waals surface area contributed by atoms with Gasteiger partial charge in [0.2, 0.25) is 0 Å². The summed E-state index contributed by atoms with van der Waals surface area (Å²) in [6.07, 6.45) is 6.07. The average Bonchev–Trinajstić information content (AvgIpc) is 2.30. The minimum Gasteiger partial charge on any atom is -0.330 e. The van der Waals surface area contributed by atoms with Gasteiger partial charge in [-0.1, -0.05) is 20.3 Å². The molecule has 0 aromatic carbocycles. The monoisotopic (exact) mass is 235 g/mol. The van der Waals surface area contributed by atoms with Crippen molar-refractivity contribution in [2.24, 2.45) is 11.1 Å². The van der Waals surface area contributed by atoms with Crippen LogP contribution < -0.4 is 5.73 Å². The number of hydrogen-bond acceptors (Lipinski definition) is 3. The SMILES string of the molecule is CCCC(C)(CN)CN(C)Cc1ccncc1. The van der Waals surface area contributed by atoms with Crippen molar-refractivity contribution >= 4 is 0 Å². The van der Waals surface area contributed by atoms with Crippen molar-refractivity contribution in [3.63, 3.8) is 0 Å². The molecule has 0 aliphatic rings. The Balaban J connectivity index is 2.51. The topological polar surface area (TPSA) is 42.1 Å². The number of hydrogen-bond donors (Lipinski definition) is 1.